The summed E-state index contributed by atoms with van der Waals surface area (Å²) in [4.78, 5) is 12.2. The van der Waals surface area contributed by atoms with Gasteiger partial charge in [-0.15, -0.1) is 0 Å². The number of hydrogen-bond acceptors (Lipinski definition) is 3. The first-order valence-corrected chi connectivity index (χ1v) is 9.48. The maximum absolute atomic E-state index is 12.2. The van der Waals surface area contributed by atoms with Gasteiger partial charge in [0.25, 0.3) is 0 Å². The molecule has 2 aromatic rings. The summed E-state index contributed by atoms with van der Waals surface area (Å²) in [5, 5.41) is 2.96. The highest BCUT2D eigenvalue weighted by Gasteiger charge is 2.07. The molecule has 0 aliphatic rings. The van der Waals surface area contributed by atoms with Gasteiger partial charge in [-0.05, 0) is 42.7 Å². The number of amides is 1. The summed E-state index contributed by atoms with van der Waals surface area (Å²) in [6.45, 7) is 4.81. The van der Waals surface area contributed by atoms with Crippen molar-refractivity contribution in [3.05, 3.63) is 65.7 Å². The van der Waals surface area contributed by atoms with Crippen molar-refractivity contribution in [2.24, 2.45) is 0 Å². The van der Waals surface area contributed by atoms with Crippen LogP contribution < -0.4 is 14.8 Å². The summed E-state index contributed by atoms with van der Waals surface area (Å²) in [5.41, 5.74) is 1.96. The molecule has 0 saturated heterocycles. The average molecular weight is 367 g/mol. The number of hydrogen-bond donors (Lipinski definition) is 1. The predicted octanol–water partition coefficient (Wildman–Crippen LogP) is 5.15. The van der Waals surface area contributed by atoms with E-state index in [1.807, 2.05) is 55.5 Å². The van der Waals surface area contributed by atoms with Gasteiger partial charge in [0.2, 0.25) is 5.91 Å². The largest absolute Gasteiger partial charge is 0.493 e. The lowest BCUT2D eigenvalue weighted by Crippen LogP contribution is -2.24. The summed E-state index contributed by atoms with van der Waals surface area (Å²) in [6, 6.07) is 15.5. The van der Waals surface area contributed by atoms with Crippen LogP contribution in [0.4, 0.5) is 0 Å². The number of ether oxygens (including phenoxy) is 2. The first-order valence-electron chi connectivity index (χ1n) is 9.48. The lowest BCUT2D eigenvalue weighted by Gasteiger charge is -2.13. The smallest absolute Gasteiger partial charge is 0.244 e. The molecule has 27 heavy (non-hydrogen) atoms. The van der Waals surface area contributed by atoms with Crippen LogP contribution in [0.1, 0.15) is 50.3 Å². The molecule has 2 rings (SSSR count). The molecule has 0 radical (unpaired) electrons. The Hall–Kier alpha value is -2.75. The van der Waals surface area contributed by atoms with Crippen molar-refractivity contribution in [1.82, 2.24) is 5.32 Å². The van der Waals surface area contributed by atoms with Crippen molar-refractivity contribution in [3.8, 4) is 11.5 Å². The molecule has 0 unspecified atom stereocenters. The fraction of sp³-hybridized carbons (Fsp3) is 0.348. The molecular weight excluding hydrogens is 338 g/mol. The van der Waals surface area contributed by atoms with E-state index in [1.165, 1.54) is 6.08 Å². The number of nitrogens with one attached hydrogen (secondary N) is 1. The number of carbonyl (C=O) groups excluding carboxylic acids is 1. The standard InChI is InChI=1S/C23H29NO3/c1-4-5-9-16-27-21-14-12-19(17-22(21)26-3)13-15-23(25)24-18(2)20-10-7-6-8-11-20/h6-8,10-15,17-18H,4-5,9,16H2,1-3H3,(H,24,25)/b15-13+/t18-/m0/s1. The topological polar surface area (TPSA) is 47.6 Å². The minimum absolute atomic E-state index is 0.0446. The molecule has 1 atom stereocenters. The zero-order valence-electron chi connectivity index (χ0n) is 16.4. The normalized spacial score (nSPS) is 12.0. The van der Waals surface area contributed by atoms with E-state index >= 15 is 0 Å². The highest BCUT2D eigenvalue weighted by atomic mass is 16.5. The lowest BCUT2D eigenvalue weighted by molar-refractivity contribution is -0.117. The van der Waals surface area contributed by atoms with Crippen molar-refractivity contribution in [1.29, 1.82) is 0 Å². The minimum atomic E-state index is -0.134. The molecule has 144 valence electrons. The summed E-state index contributed by atoms with van der Waals surface area (Å²) < 4.78 is 11.2. The van der Waals surface area contributed by atoms with Crippen molar-refractivity contribution < 1.29 is 14.3 Å². The van der Waals surface area contributed by atoms with Crippen LogP contribution in [-0.4, -0.2) is 19.6 Å². The van der Waals surface area contributed by atoms with Crippen LogP contribution in [0.15, 0.2) is 54.6 Å². The fourth-order valence-electron chi connectivity index (χ4n) is 2.70. The van der Waals surface area contributed by atoms with E-state index in [0.29, 0.717) is 12.4 Å². The molecule has 1 amide bonds. The van der Waals surface area contributed by atoms with E-state index in [0.717, 1.165) is 36.1 Å². The summed E-state index contributed by atoms with van der Waals surface area (Å²) in [5.74, 6) is 1.27. The summed E-state index contributed by atoms with van der Waals surface area (Å²) >= 11 is 0. The minimum Gasteiger partial charge on any atom is -0.493 e. The maximum Gasteiger partial charge on any atom is 0.244 e. The van der Waals surface area contributed by atoms with Crippen molar-refractivity contribution in [2.75, 3.05) is 13.7 Å². The second kappa shape index (κ2) is 11.1. The van der Waals surface area contributed by atoms with Gasteiger partial charge in [-0.3, -0.25) is 4.79 Å². The maximum atomic E-state index is 12.2. The van der Waals surface area contributed by atoms with Crippen molar-refractivity contribution in [2.45, 2.75) is 39.2 Å². The summed E-state index contributed by atoms with van der Waals surface area (Å²) in [6.07, 6.45) is 6.66. The van der Waals surface area contributed by atoms with Crippen molar-refractivity contribution >= 4 is 12.0 Å². The molecule has 0 bridgehead atoms. The van der Waals surface area contributed by atoms with Crippen LogP contribution in [-0.2, 0) is 4.79 Å². The van der Waals surface area contributed by atoms with Gasteiger partial charge in [0.05, 0.1) is 19.8 Å². The van der Waals surface area contributed by atoms with Gasteiger partial charge in [-0.1, -0.05) is 56.2 Å². The Balaban J connectivity index is 1.94. The fourth-order valence-corrected chi connectivity index (χ4v) is 2.70. The monoisotopic (exact) mass is 367 g/mol. The van der Waals surface area contributed by atoms with Gasteiger partial charge in [-0.2, -0.15) is 0 Å². The van der Waals surface area contributed by atoms with Crippen LogP contribution >= 0.6 is 0 Å². The Morgan fingerprint density at radius 3 is 2.59 bits per heavy atom. The molecule has 1 N–H and O–H groups in total. The van der Waals surface area contributed by atoms with Crippen LogP contribution in [0.3, 0.4) is 0 Å². The first kappa shape index (κ1) is 20.6. The quantitative estimate of drug-likeness (QED) is 0.466. The molecule has 0 aliphatic heterocycles. The highest BCUT2D eigenvalue weighted by molar-refractivity contribution is 5.92. The Morgan fingerprint density at radius 2 is 1.89 bits per heavy atom. The third-order valence-electron chi connectivity index (χ3n) is 4.28. The van der Waals surface area contributed by atoms with E-state index in [2.05, 4.69) is 12.2 Å². The third kappa shape index (κ3) is 6.81. The molecule has 0 spiro atoms. The van der Waals surface area contributed by atoms with Crippen LogP contribution in [0.5, 0.6) is 11.5 Å². The Bertz CT molecular complexity index is 741. The lowest BCUT2D eigenvalue weighted by atomic mass is 10.1. The molecule has 4 nitrogen and oxygen atoms in total. The van der Waals surface area contributed by atoms with Gasteiger partial charge in [0, 0.05) is 6.08 Å². The zero-order chi connectivity index (χ0) is 19.5. The number of carbonyl (C=O) groups is 1. The molecule has 0 saturated carbocycles. The Labute approximate surface area is 162 Å². The molecule has 2 aromatic carbocycles. The molecule has 0 aromatic heterocycles. The number of unbranched alkanes of at least 4 members (excludes halogenated alkanes) is 2. The number of methoxy groups -OCH3 is 1. The Kier molecular flexibility index (Phi) is 8.43. The van der Waals surface area contributed by atoms with Crippen LogP contribution in [0.25, 0.3) is 6.08 Å². The zero-order valence-corrected chi connectivity index (χ0v) is 16.4. The van der Waals surface area contributed by atoms with E-state index in [4.69, 9.17) is 9.47 Å². The van der Waals surface area contributed by atoms with E-state index in [-0.39, 0.29) is 11.9 Å². The van der Waals surface area contributed by atoms with E-state index < -0.39 is 0 Å². The van der Waals surface area contributed by atoms with E-state index in [9.17, 15) is 4.79 Å². The van der Waals surface area contributed by atoms with Gasteiger partial charge in [0.1, 0.15) is 0 Å². The SMILES string of the molecule is CCCCCOc1ccc(/C=C/C(=O)N[C@@H](C)c2ccccc2)cc1OC. The first-order chi connectivity index (χ1) is 13.1. The van der Waals surface area contributed by atoms with Crippen LogP contribution in [0, 0.1) is 0 Å². The number of rotatable bonds is 10. The van der Waals surface area contributed by atoms with Gasteiger partial charge in [-0.25, -0.2) is 0 Å². The average Bonchev–Trinajstić information content (AvgIpc) is 2.70. The Morgan fingerprint density at radius 1 is 1.11 bits per heavy atom. The van der Waals surface area contributed by atoms with E-state index in [1.54, 1.807) is 13.2 Å². The molecule has 0 fully saturated rings. The predicted molar refractivity (Wildman–Crippen MR) is 110 cm³/mol. The second-order valence-electron chi connectivity index (χ2n) is 6.44. The van der Waals surface area contributed by atoms with Gasteiger partial charge < -0.3 is 14.8 Å². The molecule has 0 aliphatic carbocycles. The van der Waals surface area contributed by atoms with Gasteiger partial charge >= 0.3 is 0 Å². The highest BCUT2D eigenvalue weighted by Crippen LogP contribution is 2.28. The second-order valence-corrected chi connectivity index (χ2v) is 6.44. The third-order valence-corrected chi connectivity index (χ3v) is 4.28. The van der Waals surface area contributed by atoms with Crippen LogP contribution in [0.2, 0.25) is 0 Å². The number of benzene rings is 2. The van der Waals surface area contributed by atoms with Crippen molar-refractivity contribution in [3.63, 3.8) is 0 Å². The molecule has 4 heteroatoms. The molecular formula is C23H29NO3. The summed E-state index contributed by atoms with van der Waals surface area (Å²) in [7, 11) is 1.62. The molecule has 0 heterocycles. The van der Waals surface area contributed by atoms with Gasteiger partial charge in [0.15, 0.2) is 11.5 Å².